The molecule has 6 nitrogen and oxygen atoms in total. The van der Waals surface area contributed by atoms with E-state index in [2.05, 4.69) is 26.6 Å². The second-order valence-corrected chi connectivity index (χ2v) is 6.15. The largest absolute Gasteiger partial charge is 0.334 e. The van der Waals surface area contributed by atoms with Crippen LogP contribution >= 0.6 is 11.6 Å². The van der Waals surface area contributed by atoms with Gasteiger partial charge in [0.1, 0.15) is 11.2 Å². The third-order valence-electron chi connectivity index (χ3n) is 4.10. The van der Waals surface area contributed by atoms with Gasteiger partial charge in [-0.25, -0.2) is 14.6 Å². The summed E-state index contributed by atoms with van der Waals surface area (Å²) >= 11 is 5.95. The van der Waals surface area contributed by atoms with Crippen LogP contribution in [0.5, 0.6) is 0 Å². The highest BCUT2D eigenvalue weighted by Crippen LogP contribution is 2.23. The van der Waals surface area contributed by atoms with Gasteiger partial charge in [0.15, 0.2) is 11.5 Å². The van der Waals surface area contributed by atoms with E-state index in [1.807, 2.05) is 48.4 Å². The average Bonchev–Trinajstić information content (AvgIpc) is 3.27. The molecule has 3 aromatic heterocycles. The third kappa shape index (κ3) is 2.49. The minimum absolute atomic E-state index is 0.652. The number of hydrogen-bond donors (Lipinski definition) is 1. The van der Waals surface area contributed by atoms with E-state index >= 15 is 0 Å². The maximum atomic E-state index is 5.95. The Morgan fingerprint density at radius 2 is 2.00 bits per heavy atom. The van der Waals surface area contributed by atoms with Gasteiger partial charge in [0, 0.05) is 11.6 Å². The van der Waals surface area contributed by atoms with E-state index in [1.54, 1.807) is 0 Å². The zero-order chi connectivity index (χ0) is 16.7. The molecular weight excluding hydrogens is 324 g/mol. The average molecular weight is 341 g/mol. The molecule has 4 aromatic rings. The van der Waals surface area contributed by atoms with Gasteiger partial charge >= 0.3 is 0 Å². The number of aromatic amines is 1. The van der Waals surface area contributed by atoms with Crippen molar-refractivity contribution in [1.29, 1.82) is 0 Å². The number of nitrogens with one attached hydrogen (secondary N) is 1. The Morgan fingerprint density at radius 3 is 2.75 bits per heavy atom. The summed E-state index contributed by atoms with van der Waals surface area (Å²) in [5.74, 6) is 0.815. The van der Waals surface area contributed by atoms with E-state index in [1.165, 1.54) is 0 Å². The van der Waals surface area contributed by atoms with Crippen LogP contribution in [0.15, 0.2) is 36.8 Å². The van der Waals surface area contributed by atoms with Gasteiger partial charge in [-0.1, -0.05) is 23.7 Å². The van der Waals surface area contributed by atoms with Crippen LogP contribution in [-0.4, -0.2) is 29.3 Å². The molecule has 3 heterocycles. The fourth-order valence-electron chi connectivity index (χ4n) is 2.85. The molecule has 4 rings (SSSR count). The van der Waals surface area contributed by atoms with Crippen molar-refractivity contribution in [2.45, 2.75) is 26.9 Å². The zero-order valence-electron chi connectivity index (χ0n) is 13.5. The molecule has 1 N–H and O–H groups in total. The topological polar surface area (TPSA) is 64.3 Å². The van der Waals surface area contributed by atoms with Gasteiger partial charge in [-0.15, -0.1) is 0 Å². The van der Waals surface area contributed by atoms with Crippen molar-refractivity contribution in [2.75, 3.05) is 0 Å². The molecule has 0 saturated carbocycles. The molecule has 0 aliphatic carbocycles. The molecule has 122 valence electrons. The predicted molar refractivity (Wildman–Crippen MR) is 94.1 cm³/mol. The van der Waals surface area contributed by atoms with Crippen LogP contribution in [0.4, 0.5) is 0 Å². The Hall–Kier alpha value is -2.60. The second kappa shape index (κ2) is 5.79. The monoisotopic (exact) mass is 340 g/mol. The van der Waals surface area contributed by atoms with Gasteiger partial charge in [0.2, 0.25) is 0 Å². The van der Waals surface area contributed by atoms with Crippen LogP contribution in [0.2, 0.25) is 5.02 Å². The maximum Gasteiger partial charge on any atom is 0.177 e. The third-order valence-corrected chi connectivity index (χ3v) is 4.35. The van der Waals surface area contributed by atoms with Crippen molar-refractivity contribution >= 4 is 22.8 Å². The highest BCUT2D eigenvalue weighted by molar-refractivity contribution is 6.30. The lowest BCUT2D eigenvalue weighted by Gasteiger charge is -2.03. The first kappa shape index (κ1) is 15.0. The van der Waals surface area contributed by atoms with Crippen LogP contribution in [0.1, 0.15) is 18.2 Å². The van der Waals surface area contributed by atoms with Crippen LogP contribution in [0.25, 0.3) is 22.7 Å². The molecule has 0 spiro atoms. The van der Waals surface area contributed by atoms with Gasteiger partial charge < -0.3 is 9.55 Å². The first-order chi connectivity index (χ1) is 11.7. The second-order valence-electron chi connectivity index (χ2n) is 5.72. The number of H-pyrrole nitrogens is 1. The number of benzene rings is 1. The number of imidazole rings is 2. The minimum Gasteiger partial charge on any atom is -0.334 e. The number of rotatable bonds is 4. The zero-order valence-corrected chi connectivity index (χ0v) is 14.2. The van der Waals surface area contributed by atoms with Gasteiger partial charge in [0.05, 0.1) is 24.8 Å². The SMILES string of the molecule is CCn1cncc1-c1nc2c([nH]1)c(C)nn2Cc1ccc(Cl)cc1. The molecule has 0 saturated heterocycles. The van der Waals surface area contributed by atoms with Gasteiger partial charge in [-0.3, -0.25) is 0 Å². The minimum atomic E-state index is 0.652. The van der Waals surface area contributed by atoms with E-state index in [0.717, 1.165) is 45.5 Å². The summed E-state index contributed by atoms with van der Waals surface area (Å²) in [5.41, 5.74) is 4.85. The van der Waals surface area contributed by atoms with Crippen LogP contribution in [-0.2, 0) is 13.1 Å². The van der Waals surface area contributed by atoms with Crippen molar-refractivity contribution in [3.8, 4) is 11.5 Å². The summed E-state index contributed by atoms with van der Waals surface area (Å²) in [6, 6.07) is 7.79. The van der Waals surface area contributed by atoms with E-state index in [-0.39, 0.29) is 0 Å². The summed E-state index contributed by atoms with van der Waals surface area (Å²) in [7, 11) is 0. The summed E-state index contributed by atoms with van der Waals surface area (Å²) in [4.78, 5) is 12.3. The van der Waals surface area contributed by atoms with E-state index in [4.69, 9.17) is 16.6 Å². The smallest absolute Gasteiger partial charge is 0.177 e. The highest BCUT2D eigenvalue weighted by atomic mass is 35.5. The van der Waals surface area contributed by atoms with Crippen molar-refractivity contribution < 1.29 is 0 Å². The molecule has 0 unspecified atom stereocenters. The first-order valence-electron chi connectivity index (χ1n) is 7.83. The van der Waals surface area contributed by atoms with Crippen molar-refractivity contribution in [3.63, 3.8) is 0 Å². The molecule has 0 atom stereocenters. The number of aryl methyl sites for hydroxylation is 2. The number of halogens is 1. The van der Waals surface area contributed by atoms with E-state index in [9.17, 15) is 0 Å². The van der Waals surface area contributed by atoms with Gasteiger partial charge in [-0.2, -0.15) is 5.10 Å². The first-order valence-corrected chi connectivity index (χ1v) is 8.21. The Bertz CT molecular complexity index is 992. The number of fused-ring (bicyclic) bond motifs is 1. The lowest BCUT2D eigenvalue weighted by molar-refractivity contribution is 0.695. The molecule has 0 aliphatic heterocycles. The Balaban J connectivity index is 1.76. The fraction of sp³-hybridized carbons (Fsp3) is 0.235. The quantitative estimate of drug-likeness (QED) is 0.616. The van der Waals surface area contributed by atoms with Crippen molar-refractivity contribution in [3.05, 3.63) is 53.1 Å². The van der Waals surface area contributed by atoms with Crippen molar-refractivity contribution in [2.24, 2.45) is 0 Å². The Labute approximate surface area is 144 Å². The molecule has 1 aromatic carbocycles. The molecule has 0 aliphatic rings. The van der Waals surface area contributed by atoms with Gasteiger partial charge in [-0.05, 0) is 31.5 Å². The number of nitrogens with zero attached hydrogens (tertiary/aromatic N) is 5. The van der Waals surface area contributed by atoms with E-state index < -0.39 is 0 Å². The number of aromatic nitrogens is 6. The molecule has 0 fully saturated rings. The summed E-state index contributed by atoms with van der Waals surface area (Å²) in [6.07, 6.45) is 3.64. The molecule has 24 heavy (non-hydrogen) atoms. The fourth-order valence-corrected chi connectivity index (χ4v) is 2.97. The summed E-state index contributed by atoms with van der Waals surface area (Å²) < 4.78 is 3.98. The van der Waals surface area contributed by atoms with Crippen LogP contribution in [0.3, 0.4) is 0 Å². The Morgan fingerprint density at radius 1 is 1.21 bits per heavy atom. The lowest BCUT2D eigenvalue weighted by Crippen LogP contribution is -2.03. The maximum absolute atomic E-state index is 5.95. The lowest BCUT2D eigenvalue weighted by atomic mass is 10.2. The van der Waals surface area contributed by atoms with Crippen molar-refractivity contribution in [1.82, 2.24) is 29.3 Å². The Kier molecular flexibility index (Phi) is 3.61. The summed E-state index contributed by atoms with van der Waals surface area (Å²) in [6.45, 7) is 5.57. The van der Waals surface area contributed by atoms with Crippen LogP contribution in [0, 0.1) is 6.92 Å². The highest BCUT2D eigenvalue weighted by Gasteiger charge is 2.16. The predicted octanol–water partition coefficient (Wildman–Crippen LogP) is 3.65. The molecule has 7 heteroatoms. The molecule has 0 bridgehead atoms. The molecular formula is C17H17ClN6. The standard InChI is InChI=1S/C17H17ClN6/c1-3-23-10-19-8-14(23)16-20-15-11(2)22-24(17(15)21-16)9-12-4-6-13(18)7-5-12/h4-8,10H,3,9H2,1-2H3,(H,20,21). The molecule has 0 radical (unpaired) electrons. The van der Waals surface area contributed by atoms with Crippen LogP contribution < -0.4 is 0 Å². The number of hydrogen-bond acceptors (Lipinski definition) is 3. The normalized spacial score (nSPS) is 11.5. The van der Waals surface area contributed by atoms with E-state index in [0.29, 0.717) is 6.54 Å². The molecule has 0 amide bonds. The summed E-state index contributed by atoms with van der Waals surface area (Å²) in [5, 5.41) is 5.33. The van der Waals surface area contributed by atoms with Gasteiger partial charge in [0.25, 0.3) is 0 Å².